The zero-order valence-corrected chi connectivity index (χ0v) is 17.3. The minimum atomic E-state index is -0.153. The molecule has 1 fully saturated rings. The number of hydrogen-bond donors (Lipinski definition) is 1. The molecule has 0 aromatic heterocycles. The highest BCUT2D eigenvalue weighted by atomic mass is 79.9. The van der Waals surface area contributed by atoms with Crippen LogP contribution in [-0.2, 0) is 5.41 Å². The predicted molar refractivity (Wildman–Crippen MR) is 117 cm³/mol. The normalized spacial score (nSPS) is 20.1. The van der Waals surface area contributed by atoms with Crippen LogP contribution < -0.4 is 15.1 Å². The second kappa shape index (κ2) is 5.94. The highest BCUT2D eigenvalue weighted by molar-refractivity contribution is 9.10. The molecule has 4 nitrogen and oxygen atoms in total. The Morgan fingerprint density at radius 3 is 2.67 bits per heavy atom. The van der Waals surface area contributed by atoms with Crippen molar-refractivity contribution in [3.05, 3.63) is 58.6 Å². The molecule has 0 atom stereocenters. The van der Waals surface area contributed by atoms with Gasteiger partial charge in [0, 0.05) is 41.9 Å². The van der Waals surface area contributed by atoms with Gasteiger partial charge >= 0.3 is 0 Å². The first-order chi connectivity index (χ1) is 13.0. The molecule has 138 valence electrons. The number of halogens is 1. The summed E-state index contributed by atoms with van der Waals surface area (Å²) in [4.78, 5) is 9.74. The molecule has 1 N–H and O–H groups in total. The van der Waals surface area contributed by atoms with E-state index in [0.29, 0.717) is 0 Å². The van der Waals surface area contributed by atoms with Crippen LogP contribution in [0.4, 0.5) is 17.1 Å². The Morgan fingerprint density at radius 1 is 1.11 bits per heavy atom. The van der Waals surface area contributed by atoms with Crippen molar-refractivity contribution in [1.82, 2.24) is 5.32 Å². The standard InChI is InChI=1S/C22H23BrN4/c1-14-20-17(23)5-4-6-18(20)27-19-13-15(26-11-9-24-10-12-26)7-8-16(19)22(2,3)21(27)25-14/h4-8,13,24H,1,9-12H2,2-3H3. The van der Waals surface area contributed by atoms with Crippen molar-refractivity contribution in [2.45, 2.75) is 19.3 Å². The number of aliphatic imine (C=N–C) groups is 1. The van der Waals surface area contributed by atoms with E-state index in [4.69, 9.17) is 4.99 Å². The van der Waals surface area contributed by atoms with Crippen LogP contribution in [0.15, 0.2) is 52.4 Å². The fraction of sp³-hybridized carbons (Fsp3) is 0.318. The molecule has 0 amide bonds. The van der Waals surface area contributed by atoms with Crippen LogP contribution in [0.2, 0.25) is 0 Å². The van der Waals surface area contributed by atoms with E-state index >= 15 is 0 Å². The first-order valence-electron chi connectivity index (χ1n) is 9.46. The molecule has 2 aromatic carbocycles. The number of nitrogens with one attached hydrogen (secondary N) is 1. The lowest BCUT2D eigenvalue weighted by Gasteiger charge is -2.32. The van der Waals surface area contributed by atoms with Gasteiger partial charge in [0.05, 0.1) is 22.5 Å². The smallest absolute Gasteiger partial charge is 0.124 e. The average molecular weight is 423 g/mol. The van der Waals surface area contributed by atoms with Crippen molar-refractivity contribution >= 4 is 44.5 Å². The SMILES string of the molecule is C=C1N=C2N(c3cc(N4CCNCC4)ccc3C2(C)C)c2cccc(Br)c21. The molecule has 3 aliphatic heterocycles. The second-order valence-electron chi connectivity index (χ2n) is 7.91. The lowest BCUT2D eigenvalue weighted by Crippen LogP contribution is -2.43. The first kappa shape index (κ1) is 17.0. The van der Waals surface area contributed by atoms with E-state index in [2.05, 4.69) is 87.9 Å². The Bertz CT molecular complexity index is 986. The van der Waals surface area contributed by atoms with Gasteiger partial charge in [-0.15, -0.1) is 0 Å². The van der Waals surface area contributed by atoms with Gasteiger partial charge in [-0.1, -0.05) is 34.6 Å². The second-order valence-corrected chi connectivity index (χ2v) is 8.77. The number of hydrogen-bond acceptors (Lipinski definition) is 4. The molecular weight excluding hydrogens is 400 g/mol. The van der Waals surface area contributed by atoms with Crippen LogP contribution in [0, 0.1) is 0 Å². The molecule has 0 saturated carbocycles. The number of piperazine rings is 1. The van der Waals surface area contributed by atoms with Crippen LogP contribution in [0.1, 0.15) is 25.0 Å². The van der Waals surface area contributed by atoms with Gasteiger partial charge in [0.15, 0.2) is 0 Å². The van der Waals surface area contributed by atoms with E-state index < -0.39 is 0 Å². The molecule has 3 heterocycles. The molecule has 0 aliphatic carbocycles. The van der Waals surface area contributed by atoms with Crippen LogP contribution in [0.25, 0.3) is 5.70 Å². The predicted octanol–water partition coefficient (Wildman–Crippen LogP) is 4.67. The summed E-state index contributed by atoms with van der Waals surface area (Å²) in [6, 6.07) is 13.2. The van der Waals surface area contributed by atoms with E-state index in [-0.39, 0.29) is 5.41 Å². The number of anilines is 3. The highest BCUT2D eigenvalue weighted by Gasteiger charge is 2.45. The summed E-state index contributed by atoms with van der Waals surface area (Å²) in [7, 11) is 0. The lowest BCUT2D eigenvalue weighted by atomic mass is 9.85. The Hall–Kier alpha value is -2.11. The molecule has 5 rings (SSSR count). The minimum absolute atomic E-state index is 0.153. The Balaban J connectivity index is 1.70. The maximum absolute atomic E-state index is 4.95. The monoisotopic (exact) mass is 422 g/mol. The third-order valence-electron chi connectivity index (χ3n) is 5.91. The maximum Gasteiger partial charge on any atom is 0.124 e. The van der Waals surface area contributed by atoms with E-state index in [1.807, 2.05) is 0 Å². The summed E-state index contributed by atoms with van der Waals surface area (Å²) in [6.45, 7) is 12.9. The molecule has 0 bridgehead atoms. The van der Waals surface area contributed by atoms with Crippen molar-refractivity contribution in [2.24, 2.45) is 4.99 Å². The molecule has 27 heavy (non-hydrogen) atoms. The number of fused-ring (bicyclic) bond motifs is 5. The average Bonchev–Trinajstić information content (AvgIpc) is 2.89. The number of amidine groups is 1. The van der Waals surface area contributed by atoms with Gasteiger partial charge in [0.2, 0.25) is 0 Å². The summed E-state index contributed by atoms with van der Waals surface area (Å²) < 4.78 is 1.04. The van der Waals surface area contributed by atoms with E-state index in [9.17, 15) is 0 Å². The van der Waals surface area contributed by atoms with Crippen molar-refractivity contribution in [1.29, 1.82) is 0 Å². The highest BCUT2D eigenvalue weighted by Crippen LogP contribution is 2.52. The summed E-state index contributed by atoms with van der Waals surface area (Å²) in [5.74, 6) is 1.06. The molecule has 0 unspecified atom stereocenters. The topological polar surface area (TPSA) is 30.9 Å². The molecule has 1 saturated heterocycles. The summed E-state index contributed by atoms with van der Waals surface area (Å²) in [5.41, 5.74) is 6.75. The van der Waals surface area contributed by atoms with E-state index in [1.54, 1.807) is 0 Å². The van der Waals surface area contributed by atoms with Crippen molar-refractivity contribution in [2.75, 3.05) is 36.0 Å². The lowest BCUT2D eigenvalue weighted by molar-refractivity contribution is 0.589. The third-order valence-corrected chi connectivity index (χ3v) is 6.57. The summed E-state index contributed by atoms with van der Waals surface area (Å²) >= 11 is 3.69. The molecular formula is C22H23BrN4. The van der Waals surface area contributed by atoms with Gasteiger partial charge in [-0.2, -0.15) is 0 Å². The largest absolute Gasteiger partial charge is 0.369 e. The number of benzene rings is 2. The third kappa shape index (κ3) is 2.41. The fourth-order valence-electron chi connectivity index (χ4n) is 4.47. The molecule has 2 aromatic rings. The van der Waals surface area contributed by atoms with Crippen LogP contribution >= 0.6 is 15.9 Å². The first-order valence-corrected chi connectivity index (χ1v) is 10.2. The van der Waals surface area contributed by atoms with Gasteiger partial charge in [-0.3, -0.25) is 4.90 Å². The van der Waals surface area contributed by atoms with E-state index in [0.717, 1.165) is 53.4 Å². The van der Waals surface area contributed by atoms with Crippen molar-refractivity contribution in [3.8, 4) is 0 Å². The van der Waals surface area contributed by atoms with Gasteiger partial charge in [-0.05, 0) is 43.7 Å². The van der Waals surface area contributed by atoms with Gasteiger partial charge in [-0.25, -0.2) is 4.99 Å². The molecule has 3 aliphatic rings. The summed E-state index contributed by atoms with van der Waals surface area (Å²) in [6.07, 6.45) is 0. The molecule has 5 heteroatoms. The van der Waals surface area contributed by atoms with Crippen LogP contribution in [-0.4, -0.2) is 32.0 Å². The van der Waals surface area contributed by atoms with E-state index in [1.165, 1.54) is 16.9 Å². The summed E-state index contributed by atoms with van der Waals surface area (Å²) in [5, 5.41) is 3.43. The molecule has 0 radical (unpaired) electrons. The van der Waals surface area contributed by atoms with Crippen LogP contribution in [0.5, 0.6) is 0 Å². The number of nitrogens with zero attached hydrogens (tertiary/aromatic N) is 3. The Labute approximate surface area is 168 Å². The van der Waals surface area contributed by atoms with Crippen molar-refractivity contribution in [3.63, 3.8) is 0 Å². The zero-order chi connectivity index (χ0) is 18.8. The van der Waals surface area contributed by atoms with Gasteiger partial charge in [0.25, 0.3) is 0 Å². The molecule has 0 spiro atoms. The Morgan fingerprint density at radius 2 is 1.89 bits per heavy atom. The fourth-order valence-corrected chi connectivity index (χ4v) is 5.05. The Kier molecular flexibility index (Phi) is 3.75. The zero-order valence-electron chi connectivity index (χ0n) is 15.7. The quantitative estimate of drug-likeness (QED) is 0.723. The van der Waals surface area contributed by atoms with Crippen LogP contribution in [0.3, 0.4) is 0 Å². The van der Waals surface area contributed by atoms with Gasteiger partial charge in [0.1, 0.15) is 5.84 Å². The van der Waals surface area contributed by atoms with Gasteiger partial charge < -0.3 is 10.2 Å². The van der Waals surface area contributed by atoms with Crippen molar-refractivity contribution < 1.29 is 0 Å². The minimum Gasteiger partial charge on any atom is -0.369 e. The number of rotatable bonds is 1. The maximum atomic E-state index is 4.95.